The van der Waals surface area contributed by atoms with Gasteiger partial charge in [0.15, 0.2) is 14.4 Å². The third kappa shape index (κ3) is 3.22. The summed E-state index contributed by atoms with van der Waals surface area (Å²) in [6, 6.07) is 0. The van der Waals surface area contributed by atoms with E-state index in [0.717, 1.165) is 23.7 Å². The molecule has 0 aromatic heterocycles. The van der Waals surface area contributed by atoms with Crippen molar-refractivity contribution in [2.45, 2.75) is 83.2 Å². The van der Waals surface area contributed by atoms with Crippen LogP contribution in [0.15, 0.2) is 10.6 Å². The van der Waals surface area contributed by atoms with E-state index in [2.05, 4.69) is 56.7 Å². The van der Waals surface area contributed by atoms with Crippen molar-refractivity contribution in [3.63, 3.8) is 0 Å². The molecule has 5 heteroatoms. The number of rotatable bonds is 3. The summed E-state index contributed by atoms with van der Waals surface area (Å²) in [7, 11) is -1.96. The van der Waals surface area contributed by atoms with Crippen molar-refractivity contribution in [2.24, 2.45) is 5.92 Å². The van der Waals surface area contributed by atoms with Gasteiger partial charge in [-0.05, 0) is 36.9 Å². The highest BCUT2D eigenvalue weighted by molar-refractivity contribution is 9.11. The lowest BCUT2D eigenvalue weighted by molar-refractivity contribution is -0.157. The second kappa shape index (κ2) is 6.06. The molecule has 0 N–H and O–H groups in total. The van der Waals surface area contributed by atoms with Crippen LogP contribution in [0.3, 0.4) is 0 Å². The lowest BCUT2D eigenvalue weighted by Gasteiger charge is -2.52. The number of hydrogen-bond acceptors (Lipinski definition) is 3. The van der Waals surface area contributed by atoms with Crippen molar-refractivity contribution < 1.29 is 14.0 Å². The number of cyclic esters (lactones) is 1. The third-order valence-electron chi connectivity index (χ3n) is 5.72. The van der Waals surface area contributed by atoms with Crippen molar-refractivity contribution in [2.75, 3.05) is 0 Å². The summed E-state index contributed by atoms with van der Waals surface area (Å²) in [6.45, 7) is 13.6. The van der Waals surface area contributed by atoms with E-state index in [1.165, 1.54) is 6.42 Å². The highest BCUT2D eigenvalue weighted by Gasteiger charge is 2.55. The maximum absolute atomic E-state index is 11.7. The quantitative estimate of drug-likeness (QED) is 0.494. The first kappa shape index (κ1) is 18.2. The maximum Gasteiger partial charge on any atom is 0.332 e. The van der Waals surface area contributed by atoms with Gasteiger partial charge < -0.3 is 9.16 Å². The summed E-state index contributed by atoms with van der Waals surface area (Å²) in [6.07, 6.45) is 5.72. The van der Waals surface area contributed by atoms with E-state index in [-0.39, 0.29) is 22.7 Å². The standard InChI is InChI=1S/C17H29BrO3Si/c1-12-9-7-8-10-17(12,15-13(18)11-14(19)20-15)21-22(5,6)16(2,3)4/h11-12,15H,7-10H2,1-6H3/t12-,15+,17+/m1/s1. The fraction of sp³-hybridized carbons (Fsp3) is 0.824. The molecule has 1 saturated carbocycles. The first-order valence-corrected chi connectivity index (χ1v) is 12.0. The molecular formula is C17H29BrO3Si. The fourth-order valence-corrected chi connectivity index (χ4v) is 5.63. The maximum atomic E-state index is 11.7. The average molecular weight is 389 g/mol. The SMILES string of the molecule is C[C@@H]1CCCC[C@@]1(O[Si](C)(C)C(C)(C)C)[C@H]1OC(=O)C=C1Br. The van der Waals surface area contributed by atoms with Gasteiger partial charge in [-0.2, -0.15) is 0 Å². The molecule has 0 aromatic carbocycles. The lowest BCUT2D eigenvalue weighted by Crippen LogP contribution is -2.59. The average Bonchev–Trinajstić information content (AvgIpc) is 2.70. The molecule has 1 aliphatic heterocycles. The van der Waals surface area contributed by atoms with Crippen LogP contribution < -0.4 is 0 Å². The molecule has 126 valence electrons. The van der Waals surface area contributed by atoms with Crippen molar-refractivity contribution >= 4 is 30.2 Å². The summed E-state index contributed by atoms with van der Waals surface area (Å²) >= 11 is 3.55. The van der Waals surface area contributed by atoms with Gasteiger partial charge in [0.1, 0.15) is 5.60 Å². The molecule has 0 aromatic rings. The Labute approximate surface area is 144 Å². The minimum absolute atomic E-state index is 0.135. The monoisotopic (exact) mass is 388 g/mol. The molecule has 0 radical (unpaired) electrons. The van der Waals surface area contributed by atoms with Crippen molar-refractivity contribution in [3.8, 4) is 0 Å². The van der Waals surface area contributed by atoms with Crippen LogP contribution >= 0.6 is 15.9 Å². The molecule has 1 aliphatic carbocycles. The summed E-state index contributed by atoms with van der Waals surface area (Å²) in [5.41, 5.74) is -0.386. The zero-order valence-electron chi connectivity index (χ0n) is 14.7. The Balaban J connectivity index is 2.39. The summed E-state index contributed by atoms with van der Waals surface area (Å²) in [5, 5.41) is 0.135. The highest BCUT2D eigenvalue weighted by atomic mass is 79.9. The molecule has 0 saturated heterocycles. The van der Waals surface area contributed by atoms with Crippen LogP contribution in [-0.4, -0.2) is 26.0 Å². The third-order valence-corrected chi connectivity index (χ3v) is 10.9. The second-order valence-electron chi connectivity index (χ2n) is 8.31. The smallest absolute Gasteiger partial charge is 0.332 e. The molecule has 0 bridgehead atoms. The van der Waals surface area contributed by atoms with Crippen molar-refractivity contribution in [1.82, 2.24) is 0 Å². The number of halogens is 1. The Morgan fingerprint density at radius 2 is 2.00 bits per heavy atom. The number of ether oxygens (including phenoxy) is 1. The largest absolute Gasteiger partial charge is 0.451 e. The normalized spacial score (nSPS) is 33.6. The molecular weight excluding hydrogens is 360 g/mol. The van der Waals surface area contributed by atoms with Crippen LogP contribution in [-0.2, 0) is 14.0 Å². The molecule has 3 nitrogen and oxygen atoms in total. The summed E-state index contributed by atoms with van der Waals surface area (Å²) in [4.78, 5) is 11.7. The first-order chi connectivity index (χ1) is 9.99. The Bertz CT molecular complexity index is 481. The number of carbonyl (C=O) groups is 1. The Hall–Kier alpha value is -0.133. The van der Waals surface area contributed by atoms with E-state index >= 15 is 0 Å². The molecule has 1 heterocycles. The van der Waals surface area contributed by atoms with E-state index in [9.17, 15) is 4.79 Å². The van der Waals surface area contributed by atoms with Crippen molar-refractivity contribution in [1.29, 1.82) is 0 Å². The van der Waals surface area contributed by atoms with E-state index in [1.807, 2.05) is 0 Å². The van der Waals surface area contributed by atoms with E-state index in [4.69, 9.17) is 9.16 Å². The molecule has 2 aliphatic rings. The lowest BCUT2D eigenvalue weighted by atomic mass is 9.73. The van der Waals surface area contributed by atoms with Gasteiger partial charge in [-0.25, -0.2) is 4.79 Å². The van der Waals surface area contributed by atoms with Gasteiger partial charge in [-0.3, -0.25) is 0 Å². The van der Waals surface area contributed by atoms with Gasteiger partial charge in [-0.15, -0.1) is 0 Å². The zero-order chi connectivity index (χ0) is 16.8. The van der Waals surface area contributed by atoms with Crippen LogP contribution in [0.4, 0.5) is 0 Å². The minimum Gasteiger partial charge on any atom is -0.451 e. The van der Waals surface area contributed by atoms with Crippen LogP contribution in [0, 0.1) is 5.92 Å². The van der Waals surface area contributed by atoms with Crippen LogP contribution in [0.5, 0.6) is 0 Å². The molecule has 2 rings (SSSR count). The number of hydrogen-bond donors (Lipinski definition) is 0. The van der Waals surface area contributed by atoms with Gasteiger partial charge in [0.25, 0.3) is 0 Å². The number of esters is 1. The Morgan fingerprint density at radius 1 is 1.36 bits per heavy atom. The number of carbonyl (C=O) groups excluding carboxylic acids is 1. The summed E-state index contributed by atoms with van der Waals surface area (Å²) < 4.78 is 13.4. The Kier molecular flexibility index (Phi) is 5.02. The highest BCUT2D eigenvalue weighted by Crippen LogP contribution is 2.50. The van der Waals surface area contributed by atoms with Gasteiger partial charge >= 0.3 is 5.97 Å². The molecule has 1 fully saturated rings. The van der Waals surface area contributed by atoms with Crippen molar-refractivity contribution in [3.05, 3.63) is 10.6 Å². The predicted octanol–water partition coefficient (Wildman–Crippen LogP) is 5.16. The van der Waals surface area contributed by atoms with E-state index in [1.54, 1.807) is 6.08 Å². The zero-order valence-corrected chi connectivity index (χ0v) is 17.2. The molecule has 3 atom stereocenters. The first-order valence-electron chi connectivity index (χ1n) is 8.27. The van der Waals surface area contributed by atoms with Gasteiger partial charge in [0.05, 0.1) is 0 Å². The molecule has 0 amide bonds. The minimum atomic E-state index is -1.96. The van der Waals surface area contributed by atoms with Gasteiger partial charge in [0.2, 0.25) is 0 Å². The van der Waals surface area contributed by atoms with E-state index in [0.29, 0.717) is 5.92 Å². The second-order valence-corrected chi connectivity index (χ2v) is 14.0. The van der Waals surface area contributed by atoms with Crippen LogP contribution in [0.2, 0.25) is 18.1 Å². The van der Waals surface area contributed by atoms with Crippen LogP contribution in [0.25, 0.3) is 0 Å². The fourth-order valence-electron chi connectivity index (χ4n) is 3.29. The van der Waals surface area contributed by atoms with E-state index < -0.39 is 8.32 Å². The van der Waals surface area contributed by atoms with Gasteiger partial charge in [-0.1, -0.05) is 56.5 Å². The molecule has 22 heavy (non-hydrogen) atoms. The predicted molar refractivity (Wildman–Crippen MR) is 95.5 cm³/mol. The topological polar surface area (TPSA) is 35.5 Å². The summed E-state index contributed by atoms with van der Waals surface area (Å²) in [5.74, 6) is 0.125. The molecule has 0 spiro atoms. The van der Waals surface area contributed by atoms with Crippen LogP contribution in [0.1, 0.15) is 53.4 Å². The molecule has 0 unspecified atom stereocenters. The Morgan fingerprint density at radius 3 is 2.45 bits per heavy atom. The van der Waals surface area contributed by atoms with Gasteiger partial charge in [0, 0.05) is 10.6 Å².